The molecule has 0 saturated heterocycles. The van der Waals surface area contributed by atoms with E-state index >= 15 is 0 Å². The Balaban J connectivity index is 1.75. The van der Waals surface area contributed by atoms with Crippen LogP contribution in [0.5, 0.6) is 11.5 Å². The van der Waals surface area contributed by atoms with E-state index in [9.17, 15) is 29.4 Å². The number of azo groups is 1. The Morgan fingerprint density at radius 3 is 1.60 bits per heavy atom. The number of carbonyl (C=O) groups is 4. The number of ether oxygens (including phenoxy) is 2. The number of aromatic hydroxyl groups is 2. The van der Waals surface area contributed by atoms with Crippen molar-refractivity contribution in [2.75, 3.05) is 0 Å². The molecule has 0 atom stereocenters. The van der Waals surface area contributed by atoms with Gasteiger partial charge in [-0.25, -0.2) is 9.59 Å². The highest BCUT2D eigenvalue weighted by Crippen LogP contribution is 2.29. The van der Waals surface area contributed by atoms with Crippen LogP contribution in [0.15, 0.2) is 120 Å². The molecule has 0 saturated carbocycles. The fraction of sp³-hybridized carbons (Fsp3) is 0.349. The van der Waals surface area contributed by atoms with Gasteiger partial charge < -0.3 is 19.7 Å². The van der Waals surface area contributed by atoms with Gasteiger partial charge in [-0.15, -0.1) is 0 Å². The van der Waals surface area contributed by atoms with Gasteiger partial charge in [0.2, 0.25) is 0 Å². The summed E-state index contributed by atoms with van der Waals surface area (Å²) in [4.78, 5) is 49.1. The third-order valence-electron chi connectivity index (χ3n) is 7.46. The second kappa shape index (κ2) is 27.1. The van der Waals surface area contributed by atoms with Crippen molar-refractivity contribution in [1.82, 2.24) is 0 Å². The number of hydrogen-bond donors (Lipinski definition) is 2. The first-order valence-electron chi connectivity index (χ1n) is 18.2. The van der Waals surface area contributed by atoms with Crippen LogP contribution in [-0.2, 0) is 19.1 Å². The van der Waals surface area contributed by atoms with E-state index in [-0.39, 0.29) is 41.1 Å². The lowest BCUT2D eigenvalue weighted by molar-refractivity contribution is -0.138. The van der Waals surface area contributed by atoms with Gasteiger partial charge in [0.15, 0.2) is 0 Å². The van der Waals surface area contributed by atoms with Gasteiger partial charge in [0.1, 0.15) is 22.6 Å². The van der Waals surface area contributed by atoms with Gasteiger partial charge in [-0.2, -0.15) is 10.2 Å². The molecule has 2 aromatic rings. The topological polar surface area (TPSA) is 152 Å². The first-order chi connectivity index (χ1) is 25.7. The molecule has 0 heterocycles. The van der Waals surface area contributed by atoms with Crippen molar-refractivity contribution in [3.8, 4) is 11.5 Å². The summed E-state index contributed by atoms with van der Waals surface area (Å²) in [5, 5.41) is 28.5. The lowest BCUT2D eigenvalue weighted by Crippen LogP contribution is -2.12. The summed E-state index contributed by atoms with van der Waals surface area (Å²) in [6.45, 7) is 4.22. The summed E-state index contributed by atoms with van der Waals surface area (Å²) in [5.74, 6) is -4.33. The Hall–Kier alpha value is -5.64. The Morgan fingerprint density at radius 1 is 0.547 bits per heavy atom. The fourth-order valence-electron chi connectivity index (χ4n) is 4.60. The van der Waals surface area contributed by atoms with Gasteiger partial charge >= 0.3 is 23.9 Å². The fourth-order valence-corrected chi connectivity index (χ4v) is 4.60. The zero-order valence-corrected chi connectivity index (χ0v) is 30.8. The highest BCUT2D eigenvalue weighted by atomic mass is 16.6. The van der Waals surface area contributed by atoms with Crippen LogP contribution in [0.4, 0.5) is 11.4 Å². The molecule has 10 nitrogen and oxygen atoms in total. The summed E-state index contributed by atoms with van der Waals surface area (Å²) in [6.07, 6.45) is 34.5. The molecule has 2 aromatic carbocycles. The van der Waals surface area contributed by atoms with Crippen molar-refractivity contribution in [2.24, 2.45) is 10.2 Å². The van der Waals surface area contributed by atoms with Crippen molar-refractivity contribution >= 4 is 35.3 Å². The summed E-state index contributed by atoms with van der Waals surface area (Å²) in [5.41, 5.74) is -0.177. The molecule has 2 rings (SSSR count). The number of esters is 4. The maximum atomic E-state index is 12.5. The normalized spacial score (nSPS) is 12.1. The summed E-state index contributed by atoms with van der Waals surface area (Å²) in [6, 6.07) is 7.59. The lowest BCUT2D eigenvalue weighted by Gasteiger charge is -2.06. The third-order valence-corrected chi connectivity index (χ3v) is 7.46. The predicted molar refractivity (Wildman–Crippen MR) is 207 cm³/mol. The summed E-state index contributed by atoms with van der Waals surface area (Å²) < 4.78 is 9.73. The quantitative estimate of drug-likeness (QED) is 0.0377. The SMILES string of the molecule is CC/C=C\C/C=C\C/C=C\C/C=C\C/C=C\C/C=C\CC(=O)OC(=O)c1ccc(N=Nc2ccc(O)c(C(=O)OC(=O)CCCCCCC)c2)cc1O. The number of phenols is 2. The zero-order chi connectivity index (χ0) is 38.5. The molecule has 0 aliphatic rings. The smallest absolute Gasteiger partial charge is 0.349 e. The zero-order valence-electron chi connectivity index (χ0n) is 30.8. The number of benzene rings is 2. The van der Waals surface area contributed by atoms with E-state index in [0.717, 1.165) is 63.9 Å². The number of nitrogens with zero attached hydrogens (tertiary/aromatic N) is 2. The average Bonchev–Trinajstić information content (AvgIpc) is 3.13. The second-order valence-corrected chi connectivity index (χ2v) is 11.9. The number of rotatable bonds is 23. The van der Waals surface area contributed by atoms with Gasteiger partial charge in [0.25, 0.3) is 0 Å². The van der Waals surface area contributed by atoms with E-state index in [1.807, 2.05) is 12.2 Å². The number of unbranched alkanes of at least 4 members (excludes halogenated alkanes) is 4. The minimum atomic E-state index is -1.01. The van der Waals surface area contributed by atoms with Gasteiger partial charge in [-0.1, -0.05) is 112 Å². The van der Waals surface area contributed by atoms with Crippen molar-refractivity contribution in [3.05, 3.63) is 120 Å². The monoisotopic (exact) mass is 724 g/mol. The van der Waals surface area contributed by atoms with E-state index in [0.29, 0.717) is 12.8 Å². The molecule has 0 radical (unpaired) electrons. The Kier molecular flexibility index (Phi) is 22.2. The van der Waals surface area contributed by atoms with Crippen LogP contribution in [-0.4, -0.2) is 34.1 Å². The number of phenolic OH excluding ortho intramolecular Hbond substituents is 2. The standard InChI is InChI=1S/C43H52N2O8/c1-3-5-7-9-10-11-12-13-14-15-16-17-18-19-20-21-23-25-27-40(48)52-42(50)36-30-28-35(33-39(36)47)45-44-34-29-31-38(46)37(32-34)43(51)53-41(49)26-24-22-8-6-4-2/h5,7,10-11,13-14,16-17,19-20,23,25,28-33,46-47H,3-4,6,8-9,12,15,18,21-22,24,26-27H2,1-2H3/b7-5-,11-10-,14-13-,17-16-,20-19-,25-23-,45-44?. The highest BCUT2D eigenvalue weighted by Gasteiger charge is 2.18. The Labute approximate surface area is 313 Å². The Bertz CT molecular complexity index is 1680. The van der Waals surface area contributed by atoms with Gasteiger partial charge in [-0.05, 0) is 75.3 Å². The second-order valence-electron chi connectivity index (χ2n) is 11.9. The molecule has 53 heavy (non-hydrogen) atoms. The molecule has 0 unspecified atom stereocenters. The van der Waals surface area contributed by atoms with E-state index in [1.54, 1.807) is 12.2 Å². The first-order valence-corrected chi connectivity index (χ1v) is 18.2. The number of carbonyl (C=O) groups excluding carboxylic acids is 4. The molecule has 0 aromatic heterocycles. The van der Waals surface area contributed by atoms with Crippen molar-refractivity contribution in [2.45, 2.75) is 97.3 Å². The Morgan fingerprint density at radius 2 is 1.04 bits per heavy atom. The highest BCUT2D eigenvalue weighted by molar-refractivity contribution is 6.00. The van der Waals surface area contributed by atoms with Crippen LogP contribution < -0.4 is 0 Å². The maximum Gasteiger partial charge on any atom is 0.349 e. The molecule has 0 aliphatic carbocycles. The van der Waals surface area contributed by atoms with Crippen LogP contribution in [0.1, 0.15) is 118 Å². The van der Waals surface area contributed by atoms with Crippen LogP contribution in [0.2, 0.25) is 0 Å². The molecular formula is C43H52N2O8. The van der Waals surface area contributed by atoms with Crippen molar-refractivity contribution in [3.63, 3.8) is 0 Å². The number of allylic oxidation sites excluding steroid dienone is 11. The molecular weight excluding hydrogens is 672 g/mol. The average molecular weight is 725 g/mol. The molecule has 10 heteroatoms. The molecule has 0 bridgehead atoms. The minimum absolute atomic E-state index is 0.0975. The van der Waals surface area contributed by atoms with E-state index in [1.165, 1.54) is 30.3 Å². The predicted octanol–water partition coefficient (Wildman–Crippen LogP) is 11.3. The maximum absolute atomic E-state index is 12.5. The molecule has 0 spiro atoms. The van der Waals surface area contributed by atoms with Crippen LogP contribution in [0, 0.1) is 0 Å². The van der Waals surface area contributed by atoms with Crippen LogP contribution in [0.25, 0.3) is 0 Å². The summed E-state index contributed by atoms with van der Waals surface area (Å²) >= 11 is 0. The molecule has 0 amide bonds. The van der Waals surface area contributed by atoms with Crippen molar-refractivity contribution in [1.29, 1.82) is 0 Å². The van der Waals surface area contributed by atoms with Gasteiger partial charge in [0, 0.05) is 12.5 Å². The first kappa shape index (κ1) is 43.5. The number of hydrogen-bond acceptors (Lipinski definition) is 10. The molecule has 0 aliphatic heterocycles. The van der Waals surface area contributed by atoms with Crippen molar-refractivity contribution < 1.29 is 38.9 Å². The molecule has 0 fully saturated rings. The largest absolute Gasteiger partial charge is 0.507 e. The van der Waals surface area contributed by atoms with Crippen LogP contribution >= 0.6 is 0 Å². The lowest BCUT2D eigenvalue weighted by atomic mass is 10.1. The summed E-state index contributed by atoms with van der Waals surface area (Å²) in [7, 11) is 0. The van der Waals surface area contributed by atoms with Gasteiger partial charge in [-0.3, -0.25) is 9.59 Å². The molecule has 282 valence electrons. The molecule has 2 N–H and O–H groups in total. The van der Waals surface area contributed by atoms with Gasteiger partial charge in [0.05, 0.1) is 17.8 Å². The van der Waals surface area contributed by atoms with E-state index in [2.05, 4.69) is 72.7 Å². The third kappa shape index (κ3) is 19.5. The van der Waals surface area contributed by atoms with E-state index < -0.39 is 29.6 Å². The minimum Gasteiger partial charge on any atom is -0.507 e. The van der Waals surface area contributed by atoms with Crippen LogP contribution in [0.3, 0.4) is 0 Å². The van der Waals surface area contributed by atoms with E-state index in [4.69, 9.17) is 9.47 Å².